The van der Waals surface area contributed by atoms with Crippen molar-refractivity contribution >= 4 is 12.4 Å². The normalized spacial score (nSPS) is 19.4. The molecule has 0 aliphatic carbocycles. The van der Waals surface area contributed by atoms with E-state index < -0.39 is 0 Å². The van der Waals surface area contributed by atoms with Crippen LogP contribution in [-0.4, -0.2) is 30.7 Å². The lowest BCUT2D eigenvalue weighted by atomic mass is 9.91. The molecule has 0 saturated carbocycles. The van der Waals surface area contributed by atoms with Gasteiger partial charge in [-0.2, -0.15) is 0 Å². The second-order valence-electron chi connectivity index (χ2n) is 4.38. The summed E-state index contributed by atoms with van der Waals surface area (Å²) in [4.78, 5) is 2.36. The summed E-state index contributed by atoms with van der Waals surface area (Å²) >= 11 is 0. The second kappa shape index (κ2) is 5.61. The molecular weight excluding hydrogens is 238 g/mol. The van der Waals surface area contributed by atoms with E-state index in [-0.39, 0.29) is 18.2 Å². The Labute approximate surface area is 109 Å². The van der Waals surface area contributed by atoms with Crippen LogP contribution in [0.1, 0.15) is 30.5 Å². The van der Waals surface area contributed by atoms with Crippen LogP contribution >= 0.6 is 12.4 Å². The molecule has 0 fully saturated rings. The van der Waals surface area contributed by atoms with Crippen LogP contribution in [0.3, 0.4) is 0 Å². The Hall–Kier alpha value is -0.930. The molecule has 96 valence electrons. The number of rotatable bonds is 2. The fourth-order valence-electron chi connectivity index (χ4n) is 2.54. The van der Waals surface area contributed by atoms with Gasteiger partial charge in [-0.15, -0.1) is 12.4 Å². The minimum Gasteiger partial charge on any atom is -0.504 e. The summed E-state index contributed by atoms with van der Waals surface area (Å²) in [7, 11) is 3.74. The monoisotopic (exact) mass is 257 g/mol. The zero-order chi connectivity index (χ0) is 11.7. The number of fused-ring (bicyclic) bond motifs is 1. The molecule has 1 aromatic rings. The van der Waals surface area contributed by atoms with E-state index in [1.165, 1.54) is 11.1 Å². The van der Waals surface area contributed by atoms with Crippen molar-refractivity contribution in [3.05, 3.63) is 23.3 Å². The van der Waals surface area contributed by atoms with Gasteiger partial charge in [0.05, 0.1) is 7.11 Å². The van der Waals surface area contributed by atoms with Gasteiger partial charge in [0.2, 0.25) is 0 Å². The molecule has 1 aliphatic rings. The van der Waals surface area contributed by atoms with Gasteiger partial charge >= 0.3 is 0 Å². The highest BCUT2D eigenvalue weighted by molar-refractivity contribution is 5.85. The van der Waals surface area contributed by atoms with Gasteiger partial charge in [0, 0.05) is 12.6 Å². The van der Waals surface area contributed by atoms with Crippen molar-refractivity contribution in [1.82, 2.24) is 4.90 Å². The van der Waals surface area contributed by atoms with Gasteiger partial charge in [0.15, 0.2) is 11.5 Å². The number of benzene rings is 1. The number of phenolic OH excluding ortho intramolecular Hbond substituents is 1. The van der Waals surface area contributed by atoms with E-state index in [0.29, 0.717) is 11.8 Å². The van der Waals surface area contributed by atoms with E-state index in [1.54, 1.807) is 7.11 Å². The molecule has 2 rings (SSSR count). The Balaban J connectivity index is 0.00000144. The number of methoxy groups -OCH3 is 1. The largest absolute Gasteiger partial charge is 0.504 e. The predicted molar refractivity (Wildman–Crippen MR) is 71.3 cm³/mol. The maximum Gasteiger partial charge on any atom is 0.160 e. The number of halogens is 1. The van der Waals surface area contributed by atoms with Gasteiger partial charge in [-0.25, -0.2) is 0 Å². The first kappa shape index (κ1) is 14.1. The molecule has 4 heteroatoms. The van der Waals surface area contributed by atoms with Crippen LogP contribution in [0.15, 0.2) is 12.1 Å². The summed E-state index contributed by atoms with van der Waals surface area (Å²) in [5, 5.41) is 9.75. The van der Waals surface area contributed by atoms with Gasteiger partial charge in [0.1, 0.15) is 0 Å². The first-order chi connectivity index (χ1) is 7.67. The summed E-state index contributed by atoms with van der Waals surface area (Å²) in [6.07, 6.45) is 2.08. The highest BCUT2D eigenvalue weighted by Gasteiger charge is 2.24. The topological polar surface area (TPSA) is 32.7 Å². The van der Waals surface area contributed by atoms with Gasteiger partial charge in [0.25, 0.3) is 0 Å². The molecule has 0 saturated heterocycles. The molecule has 0 amide bonds. The lowest BCUT2D eigenvalue weighted by Gasteiger charge is -2.34. The van der Waals surface area contributed by atoms with Crippen molar-refractivity contribution in [2.24, 2.45) is 0 Å². The smallest absolute Gasteiger partial charge is 0.160 e. The third-order valence-corrected chi connectivity index (χ3v) is 3.45. The first-order valence-corrected chi connectivity index (χ1v) is 5.77. The summed E-state index contributed by atoms with van der Waals surface area (Å²) in [6, 6.07) is 4.27. The van der Waals surface area contributed by atoms with E-state index in [2.05, 4.69) is 18.9 Å². The summed E-state index contributed by atoms with van der Waals surface area (Å²) in [5.41, 5.74) is 2.55. The number of ether oxygens (including phenoxy) is 1. The van der Waals surface area contributed by atoms with Crippen LogP contribution in [0.4, 0.5) is 0 Å². The van der Waals surface area contributed by atoms with E-state index in [9.17, 15) is 5.11 Å². The van der Waals surface area contributed by atoms with Crippen molar-refractivity contribution in [3.8, 4) is 11.5 Å². The molecule has 17 heavy (non-hydrogen) atoms. The highest BCUT2D eigenvalue weighted by Crippen LogP contribution is 2.37. The number of nitrogens with zero attached hydrogens (tertiary/aromatic N) is 1. The maximum absolute atomic E-state index is 9.75. The molecule has 1 N–H and O–H groups in total. The quantitative estimate of drug-likeness (QED) is 0.884. The van der Waals surface area contributed by atoms with Crippen molar-refractivity contribution < 1.29 is 9.84 Å². The Kier molecular flexibility index (Phi) is 4.66. The zero-order valence-corrected chi connectivity index (χ0v) is 11.4. The lowest BCUT2D eigenvalue weighted by molar-refractivity contribution is 0.224. The van der Waals surface area contributed by atoms with Crippen LogP contribution in [0.25, 0.3) is 0 Å². The SMILES string of the molecule is CCC1c2cc(OC)c(O)cc2CCN1C.Cl. The van der Waals surface area contributed by atoms with E-state index in [1.807, 2.05) is 12.1 Å². The van der Waals surface area contributed by atoms with Crippen LogP contribution in [0.2, 0.25) is 0 Å². The van der Waals surface area contributed by atoms with Crippen molar-refractivity contribution in [2.75, 3.05) is 20.7 Å². The van der Waals surface area contributed by atoms with Crippen LogP contribution in [-0.2, 0) is 6.42 Å². The molecule has 1 heterocycles. The third kappa shape index (κ3) is 2.50. The highest BCUT2D eigenvalue weighted by atomic mass is 35.5. The van der Waals surface area contributed by atoms with Gasteiger partial charge in [-0.05, 0) is 43.1 Å². The minimum absolute atomic E-state index is 0. The summed E-state index contributed by atoms with van der Waals surface area (Å²) < 4.78 is 5.17. The first-order valence-electron chi connectivity index (χ1n) is 5.77. The van der Waals surface area contributed by atoms with Crippen molar-refractivity contribution in [2.45, 2.75) is 25.8 Å². The van der Waals surface area contributed by atoms with E-state index in [0.717, 1.165) is 19.4 Å². The third-order valence-electron chi connectivity index (χ3n) is 3.45. The molecule has 0 radical (unpaired) electrons. The Morgan fingerprint density at radius 3 is 2.76 bits per heavy atom. The van der Waals surface area contributed by atoms with Crippen LogP contribution < -0.4 is 4.74 Å². The van der Waals surface area contributed by atoms with Crippen LogP contribution in [0, 0.1) is 0 Å². The number of aromatic hydroxyl groups is 1. The fourth-order valence-corrected chi connectivity index (χ4v) is 2.54. The van der Waals surface area contributed by atoms with E-state index in [4.69, 9.17) is 4.74 Å². The van der Waals surface area contributed by atoms with E-state index >= 15 is 0 Å². The number of hydrogen-bond donors (Lipinski definition) is 1. The van der Waals surface area contributed by atoms with Gasteiger partial charge in [-0.1, -0.05) is 6.92 Å². The summed E-state index contributed by atoms with van der Waals surface area (Å²) in [6.45, 7) is 3.24. The molecule has 1 aliphatic heterocycles. The molecular formula is C13H20ClNO2. The second-order valence-corrected chi connectivity index (χ2v) is 4.38. The Morgan fingerprint density at radius 2 is 2.18 bits per heavy atom. The average molecular weight is 258 g/mol. The molecule has 1 atom stereocenters. The summed E-state index contributed by atoms with van der Waals surface area (Å²) in [5.74, 6) is 0.827. The predicted octanol–water partition coefficient (Wildman–Crippen LogP) is 2.76. The van der Waals surface area contributed by atoms with Crippen molar-refractivity contribution in [3.63, 3.8) is 0 Å². The fraction of sp³-hybridized carbons (Fsp3) is 0.538. The van der Waals surface area contributed by atoms with Gasteiger partial charge in [-0.3, -0.25) is 4.90 Å². The Morgan fingerprint density at radius 1 is 1.47 bits per heavy atom. The molecule has 1 aromatic carbocycles. The lowest BCUT2D eigenvalue weighted by Crippen LogP contribution is -2.31. The average Bonchev–Trinajstić information content (AvgIpc) is 2.28. The van der Waals surface area contributed by atoms with Crippen molar-refractivity contribution in [1.29, 1.82) is 0 Å². The standard InChI is InChI=1S/C13H19NO2.ClH/c1-4-11-10-8-13(16-3)12(15)7-9(10)5-6-14(11)2;/h7-8,11,15H,4-6H2,1-3H3;1H. The maximum atomic E-state index is 9.75. The zero-order valence-electron chi connectivity index (χ0n) is 10.6. The van der Waals surface area contributed by atoms with Gasteiger partial charge < -0.3 is 9.84 Å². The molecule has 0 bridgehead atoms. The molecule has 3 nitrogen and oxygen atoms in total. The number of phenols is 1. The molecule has 0 spiro atoms. The number of hydrogen-bond acceptors (Lipinski definition) is 3. The van der Waals surface area contributed by atoms with Crippen LogP contribution in [0.5, 0.6) is 11.5 Å². The number of likely N-dealkylation sites (N-methyl/N-ethyl adjacent to an activating group) is 1. The Bertz CT molecular complexity index is 395. The molecule has 0 aromatic heterocycles. The molecule has 1 unspecified atom stereocenters. The minimum atomic E-state index is 0.